The molecule has 3 heteroatoms. The second-order valence-electron chi connectivity index (χ2n) is 14.9. The van der Waals surface area contributed by atoms with Crippen LogP contribution in [0.2, 0.25) is 0 Å². The number of anilines is 3. The van der Waals surface area contributed by atoms with Gasteiger partial charge in [-0.1, -0.05) is 146 Å². The highest BCUT2D eigenvalue weighted by atomic mass is 15.1. The summed E-state index contributed by atoms with van der Waals surface area (Å²) in [6.45, 7) is 0. The van der Waals surface area contributed by atoms with Gasteiger partial charge in [0.05, 0.1) is 27.6 Å². The van der Waals surface area contributed by atoms with Gasteiger partial charge in [0.1, 0.15) is 0 Å². The van der Waals surface area contributed by atoms with Gasteiger partial charge in [0, 0.05) is 49.7 Å². The minimum Gasteiger partial charge on any atom is -0.310 e. The third-order valence-corrected chi connectivity index (χ3v) is 11.8. The van der Waals surface area contributed by atoms with Gasteiger partial charge < -0.3 is 13.9 Å². The molecule has 0 unspecified atom stereocenters. The van der Waals surface area contributed by atoms with Gasteiger partial charge in [-0.15, -0.1) is 0 Å². The van der Waals surface area contributed by atoms with Crippen molar-refractivity contribution in [2.75, 3.05) is 4.90 Å². The van der Waals surface area contributed by atoms with E-state index in [1.54, 1.807) is 0 Å². The normalized spacial score (nSPS) is 11.9. The lowest BCUT2D eigenvalue weighted by Crippen LogP contribution is -2.10. The minimum atomic E-state index is 1.09. The summed E-state index contributed by atoms with van der Waals surface area (Å²) in [7, 11) is 0. The second-order valence-corrected chi connectivity index (χ2v) is 14.9. The first-order chi connectivity index (χ1) is 28.3. The Kier molecular flexibility index (Phi) is 6.93. The first kappa shape index (κ1) is 31.7. The Labute approximate surface area is 329 Å². The van der Waals surface area contributed by atoms with Crippen LogP contribution in [-0.4, -0.2) is 8.97 Å². The molecule has 0 radical (unpaired) electrons. The zero-order chi connectivity index (χ0) is 37.5. The Balaban J connectivity index is 1.09. The van der Waals surface area contributed by atoms with Crippen LogP contribution in [0.3, 0.4) is 0 Å². The highest BCUT2D eigenvalue weighted by molar-refractivity contribution is 6.31. The Morgan fingerprint density at radius 2 is 0.825 bits per heavy atom. The second kappa shape index (κ2) is 12.5. The van der Waals surface area contributed by atoms with Crippen LogP contribution in [-0.2, 0) is 0 Å². The van der Waals surface area contributed by atoms with Gasteiger partial charge in [0.2, 0.25) is 0 Å². The molecule has 0 aliphatic heterocycles. The third-order valence-electron chi connectivity index (χ3n) is 11.8. The maximum absolute atomic E-state index is 2.50. The van der Waals surface area contributed by atoms with Gasteiger partial charge in [0.15, 0.2) is 0 Å². The van der Waals surface area contributed by atoms with Crippen molar-refractivity contribution in [1.82, 2.24) is 8.97 Å². The Morgan fingerprint density at radius 3 is 1.65 bits per heavy atom. The molecule has 0 saturated heterocycles. The molecule has 266 valence electrons. The van der Waals surface area contributed by atoms with Crippen molar-refractivity contribution >= 4 is 77.0 Å². The van der Waals surface area contributed by atoms with Gasteiger partial charge in [-0.3, -0.25) is 0 Å². The quantitative estimate of drug-likeness (QED) is 0.166. The van der Waals surface area contributed by atoms with E-state index in [4.69, 9.17) is 0 Å². The summed E-state index contributed by atoms with van der Waals surface area (Å²) < 4.78 is 4.97. The molecule has 0 N–H and O–H groups in total. The lowest BCUT2D eigenvalue weighted by molar-refractivity contribution is 1.17. The summed E-state index contributed by atoms with van der Waals surface area (Å²) in [6, 6.07) is 77.3. The number of benzene rings is 9. The number of rotatable bonds is 6. The molecule has 0 fully saturated rings. The van der Waals surface area contributed by atoms with E-state index in [0.717, 1.165) is 22.7 Å². The number of para-hydroxylation sites is 3. The van der Waals surface area contributed by atoms with Crippen molar-refractivity contribution in [2.24, 2.45) is 0 Å². The summed E-state index contributed by atoms with van der Waals surface area (Å²) >= 11 is 0. The molecule has 3 aromatic heterocycles. The van der Waals surface area contributed by atoms with E-state index in [9.17, 15) is 0 Å². The molecule has 12 aromatic rings. The fraction of sp³-hybridized carbons (Fsp3) is 0. The van der Waals surface area contributed by atoms with Gasteiger partial charge in [-0.2, -0.15) is 0 Å². The van der Waals surface area contributed by atoms with Gasteiger partial charge in [0.25, 0.3) is 0 Å². The molecular formula is C54H35N3. The number of aromatic nitrogens is 2. The highest BCUT2D eigenvalue weighted by Crippen LogP contribution is 2.45. The number of hydrogen-bond acceptors (Lipinski definition) is 1. The fourth-order valence-electron chi connectivity index (χ4n) is 9.48. The van der Waals surface area contributed by atoms with E-state index in [-0.39, 0.29) is 0 Å². The van der Waals surface area contributed by atoms with Gasteiger partial charge in [-0.05, 0) is 94.4 Å². The van der Waals surface area contributed by atoms with E-state index in [1.807, 2.05) is 0 Å². The summed E-state index contributed by atoms with van der Waals surface area (Å²) in [5.41, 5.74) is 15.3. The van der Waals surface area contributed by atoms with Crippen molar-refractivity contribution in [3.63, 3.8) is 0 Å². The SMILES string of the molecule is c1ccc(-c2ccccc2-c2cccc(N(c3ccccc3)c3cccc(-n4c5cccc6c7cccc8c9ccccc9n(c9cccc4c9c65)c78)c3)c2)cc1. The third kappa shape index (κ3) is 4.73. The average Bonchev–Trinajstić information content (AvgIpc) is 3.76. The van der Waals surface area contributed by atoms with E-state index >= 15 is 0 Å². The molecule has 0 aliphatic rings. The highest BCUT2D eigenvalue weighted by Gasteiger charge is 2.22. The first-order valence-corrected chi connectivity index (χ1v) is 19.6. The predicted molar refractivity (Wildman–Crippen MR) is 241 cm³/mol. The van der Waals surface area contributed by atoms with E-state index in [2.05, 4.69) is 226 Å². The molecule has 3 heterocycles. The van der Waals surface area contributed by atoms with Gasteiger partial charge >= 0.3 is 0 Å². The Bertz CT molecular complexity index is 3460. The molecule has 9 aromatic carbocycles. The van der Waals surface area contributed by atoms with Crippen LogP contribution in [0.5, 0.6) is 0 Å². The molecule has 0 atom stereocenters. The van der Waals surface area contributed by atoms with Gasteiger partial charge in [-0.25, -0.2) is 0 Å². The van der Waals surface area contributed by atoms with E-state index < -0.39 is 0 Å². The van der Waals surface area contributed by atoms with Crippen molar-refractivity contribution in [1.29, 1.82) is 0 Å². The average molecular weight is 726 g/mol. The van der Waals surface area contributed by atoms with Crippen molar-refractivity contribution < 1.29 is 0 Å². The Morgan fingerprint density at radius 1 is 0.316 bits per heavy atom. The standard InChI is InChI=1S/C54H35N3/c1-3-16-36(17-4-1)42-24-7-8-25-43(42)37-18-11-21-39(34-37)55(38-19-5-2-6-20-38)40-22-12-23-41(35-40)56-49-31-14-27-45-47-29-13-28-46-44-26-9-10-30-48(44)57(54(46)47)51-33-15-32-50(56)53(51)52(45)49/h1-35H. The minimum absolute atomic E-state index is 1.09. The predicted octanol–water partition coefficient (Wildman–Crippen LogP) is 14.7. The smallest absolute Gasteiger partial charge is 0.0619 e. The van der Waals surface area contributed by atoms with Crippen molar-refractivity contribution in [3.8, 4) is 27.9 Å². The van der Waals surface area contributed by atoms with Crippen LogP contribution >= 0.6 is 0 Å². The van der Waals surface area contributed by atoms with Crippen LogP contribution in [0.15, 0.2) is 212 Å². The van der Waals surface area contributed by atoms with Crippen LogP contribution in [0, 0.1) is 0 Å². The van der Waals surface area contributed by atoms with E-state index in [0.29, 0.717) is 0 Å². The fourth-order valence-corrected chi connectivity index (χ4v) is 9.48. The van der Waals surface area contributed by atoms with Crippen molar-refractivity contribution in [2.45, 2.75) is 0 Å². The molecule has 0 bridgehead atoms. The monoisotopic (exact) mass is 725 g/mol. The lowest BCUT2D eigenvalue weighted by atomic mass is 9.94. The van der Waals surface area contributed by atoms with E-state index in [1.165, 1.54) is 82.2 Å². The van der Waals surface area contributed by atoms with Crippen LogP contribution in [0.25, 0.3) is 87.8 Å². The summed E-state index contributed by atoms with van der Waals surface area (Å²) in [5.74, 6) is 0. The first-order valence-electron chi connectivity index (χ1n) is 19.6. The number of hydrogen-bond donors (Lipinski definition) is 0. The Hall–Kier alpha value is -7.62. The molecule has 0 aliphatic carbocycles. The molecular weight excluding hydrogens is 691 g/mol. The zero-order valence-corrected chi connectivity index (χ0v) is 31.0. The molecule has 12 rings (SSSR count). The zero-order valence-electron chi connectivity index (χ0n) is 31.0. The maximum atomic E-state index is 2.50. The number of fused-ring (bicyclic) bond motifs is 5. The van der Waals surface area contributed by atoms with Crippen LogP contribution < -0.4 is 4.90 Å². The molecule has 57 heavy (non-hydrogen) atoms. The lowest BCUT2D eigenvalue weighted by Gasteiger charge is -2.27. The summed E-state index contributed by atoms with van der Waals surface area (Å²) in [6.07, 6.45) is 0. The van der Waals surface area contributed by atoms with Crippen LogP contribution in [0.4, 0.5) is 17.1 Å². The molecule has 0 saturated carbocycles. The largest absolute Gasteiger partial charge is 0.310 e. The number of nitrogens with zero attached hydrogens (tertiary/aromatic N) is 3. The maximum Gasteiger partial charge on any atom is 0.0619 e. The summed E-state index contributed by atoms with van der Waals surface area (Å²) in [4.78, 5) is 2.38. The van der Waals surface area contributed by atoms with Crippen molar-refractivity contribution in [3.05, 3.63) is 212 Å². The molecule has 0 amide bonds. The van der Waals surface area contributed by atoms with Crippen LogP contribution in [0.1, 0.15) is 0 Å². The molecule has 3 nitrogen and oxygen atoms in total. The molecule has 0 spiro atoms. The summed E-state index contributed by atoms with van der Waals surface area (Å²) in [5, 5.41) is 7.67. The topological polar surface area (TPSA) is 12.6 Å².